The molecule has 0 spiro atoms. The number of piperidine rings is 1. The maximum Gasteiger partial charge on any atom is 0.135 e. The molecule has 0 aliphatic carbocycles. The highest BCUT2D eigenvalue weighted by atomic mass is 16.3. The number of aliphatic hydroxyl groups is 1. The Balaban J connectivity index is 1.70. The number of nitrogens with zero attached hydrogens (tertiary/aromatic N) is 3. The average molecular weight is 283 g/mol. The molecule has 1 aliphatic heterocycles. The number of aryl methyl sites for hydroxylation is 2. The molecule has 0 radical (unpaired) electrons. The van der Waals surface area contributed by atoms with Crippen molar-refractivity contribution in [2.75, 3.05) is 18.0 Å². The standard InChI is InChI=1S/C17H21N3O/c21-16-8-10-20(11-9-16)17-15(12-18-13-19-17)7-6-14-4-2-1-3-5-14/h1-5,12-13,16,21H,6-11H2. The number of hydrogen-bond donors (Lipinski definition) is 1. The lowest BCUT2D eigenvalue weighted by Gasteiger charge is -2.31. The molecule has 21 heavy (non-hydrogen) atoms. The Hall–Kier alpha value is -1.94. The van der Waals surface area contributed by atoms with Crippen molar-refractivity contribution in [1.82, 2.24) is 9.97 Å². The lowest BCUT2D eigenvalue weighted by molar-refractivity contribution is 0.145. The minimum absolute atomic E-state index is 0.157. The van der Waals surface area contributed by atoms with Crippen LogP contribution in [0.3, 0.4) is 0 Å². The van der Waals surface area contributed by atoms with Crippen LogP contribution in [0.2, 0.25) is 0 Å². The van der Waals surface area contributed by atoms with Crippen LogP contribution >= 0.6 is 0 Å². The third kappa shape index (κ3) is 3.58. The topological polar surface area (TPSA) is 49.2 Å². The molecule has 0 unspecified atom stereocenters. The van der Waals surface area contributed by atoms with E-state index >= 15 is 0 Å². The summed E-state index contributed by atoms with van der Waals surface area (Å²) in [6, 6.07) is 10.5. The molecule has 1 saturated heterocycles. The summed E-state index contributed by atoms with van der Waals surface area (Å²) >= 11 is 0. The Labute approximate surface area is 125 Å². The van der Waals surface area contributed by atoms with Crippen molar-refractivity contribution in [3.63, 3.8) is 0 Å². The first-order valence-corrected chi connectivity index (χ1v) is 7.59. The van der Waals surface area contributed by atoms with Crippen LogP contribution in [-0.2, 0) is 12.8 Å². The summed E-state index contributed by atoms with van der Waals surface area (Å²) in [5.41, 5.74) is 2.53. The van der Waals surface area contributed by atoms with Crippen molar-refractivity contribution in [3.05, 3.63) is 54.0 Å². The molecule has 0 amide bonds. The van der Waals surface area contributed by atoms with Crippen molar-refractivity contribution in [3.8, 4) is 0 Å². The minimum atomic E-state index is -0.157. The van der Waals surface area contributed by atoms with Gasteiger partial charge in [-0.15, -0.1) is 0 Å². The van der Waals surface area contributed by atoms with Gasteiger partial charge in [0.05, 0.1) is 6.10 Å². The number of aliphatic hydroxyl groups excluding tert-OH is 1. The van der Waals surface area contributed by atoms with Gasteiger partial charge in [0.15, 0.2) is 0 Å². The van der Waals surface area contributed by atoms with Gasteiger partial charge in [-0.05, 0) is 31.2 Å². The maximum absolute atomic E-state index is 9.64. The summed E-state index contributed by atoms with van der Waals surface area (Å²) in [6.07, 6.45) is 6.97. The summed E-state index contributed by atoms with van der Waals surface area (Å²) < 4.78 is 0. The molecule has 3 rings (SSSR count). The fraction of sp³-hybridized carbons (Fsp3) is 0.412. The minimum Gasteiger partial charge on any atom is -0.393 e. The van der Waals surface area contributed by atoms with Gasteiger partial charge in [0.1, 0.15) is 12.1 Å². The van der Waals surface area contributed by atoms with Crippen molar-refractivity contribution in [1.29, 1.82) is 0 Å². The van der Waals surface area contributed by atoms with Gasteiger partial charge >= 0.3 is 0 Å². The molecule has 1 aromatic heterocycles. The van der Waals surface area contributed by atoms with E-state index in [1.54, 1.807) is 6.33 Å². The second kappa shape index (κ2) is 6.68. The molecule has 0 saturated carbocycles. The SMILES string of the molecule is OC1CCN(c2ncncc2CCc2ccccc2)CC1. The number of benzene rings is 1. The summed E-state index contributed by atoms with van der Waals surface area (Å²) in [7, 11) is 0. The Morgan fingerprint density at radius 2 is 1.86 bits per heavy atom. The van der Waals surface area contributed by atoms with Gasteiger partial charge in [0, 0.05) is 24.8 Å². The van der Waals surface area contributed by atoms with E-state index in [-0.39, 0.29) is 6.10 Å². The Morgan fingerprint density at radius 3 is 2.62 bits per heavy atom. The monoisotopic (exact) mass is 283 g/mol. The van der Waals surface area contributed by atoms with E-state index in [9.17, 15) is 5.11 Å². The largest absolute Gasteiger partial charge is 0.393 e. The lowest BCUT2D eigenvalue weighted by atomic mass is 10.0. The predicted octanol–water partition coefficient (Wildman–Crippen LogP) is 2.22. The summed E-state index contributed by atoms with van der Waals surface area (Å²) in [5, 5.41) is 9.64. The van der Waals surface area contributed by atoms with E-state index in [0.29, 0.717) is 0 Å². The molecule has 1 fully saturated rings. The fourth-order valence-electron chi connectivity index (χ4n) is 2.81. The third-order valence-corrected chi connectivity index (χ3v) is 4.05. The van der Waals surface area contributed by atoms with Gasteiger partial charge in [-0.3, -0.25) is 0 Å². The normalized spacial score (nSPS) is 16.1. The van der Waals surface area contributed by atoms with Gasteiger partial charge in [-0.1, -0.05) is 30.3 Å². The van der Waals surface area contributed by atoms with Crippen LogP contribution in [-0.4, -0.2) is 34.3 Å². The Morgan fingerprint density at radius 1 is 1.10 bits per heavy atom. The van der Waals surface area contributed by atoms with E-state index in [1.807, 2.05) is 12.3 Å². The van der Waals surface area contributed by atoms with E-state index in [2.05, 4.69) is 39.1 Å². The summed E-state index contributed by atoms with van der Waals surface area (Å²) in [6.45, 7) is 1.74. The average Bonchev–Trinajstić information content (AvgIpc) is 2.55. The number of rotatable bonds is 4. The van der Waals surface area contributed by atoms with Crippen molar-refractivity contribution in [2.24, 2.45) is 0 Å². The molecule has 4 heteroatoms. The Bertz CT molecular complexity index is 565. The highest BCUT2D eigenvalue weighted by Crippen LogP contribution is 2.22. The van der Waals surface area contributed by atoms with E-state index in [4.69, 9.17) is 0 Å². The predicted molar refractivity (Wildman–Crippen MR) is 83.3 cm³/mol. The zero-order valence-electron chi connectivity index (χ0n) is 12.2. The first kappa shape index (κ1) is 14.0. The first-order valence-electron chi connectivity index (χ1n) is 7.59. The van der Waals surface area contributed by atoms with Crippen LogP contribution in [0.4, 0.5) is 5.82 Å². The second-order valence-electron chi connectivity index (χ2n) is 5.58. The Kier molecular flexibility index (Phi) is 4.46. The molecule has 2 heterocycles. The van der Waals surface area contributed by atoms with E-state index < -0.39 is 0 Å². The molecule has 1 N–H and O–H groups in total. The smallest absolute Gasteiger partial charge is 0.135 e. The van der Waals surface area contributed by atoms with Gasteiger partial charge in [0.2, 0.25) is 0 Å². The van der Waals surface area contributed by atoms with Gasteiger partial charge < -0.3 is 10.0 Å². The van der Waals surface area contributed by atoms with Crippen molar-refractivity contribution >= 4 is 5.82 Å². The van der Waals surface area contributed by atoms with Crippen LogP contribution in [0.25, 0.3) is 0 Å². The molecule has 110 valence electrons. The lowest BCUT2D eigenvalue weighted by Crippen LogP contribution is -2.37. The zero-order chi connectivity index (χ0) is 14.5. The van der Waals surface area contributed by atoms with Gasteiger partial charge in [-0.25, -0.2) is 9.97 Å². The van der Waals surface area contributed by atoms with E-state index in [1.165, 1.54) is 11.1 Å². The molecular weight excluding hydrogens is 262 g/mol. The van der Waals surface area contributed by atoms with Gasteiger partial charge in [0.25, 0.3) is 0 Å². The van der Waals surface area contributed by atoms with Crippen molar-refractivity contribution < 1.29 is 5.11 Å². The van der Waals surface area contributed by atoms with Crippen LogP contribution < -0.4 is 4.90 Å². The molecule has 4 nitrogen and oxygen atoms in total. The highest BCUT2D eigenvalue weighted by molar-refractivity contribution is 5.46. The molecule has 2 aromatic rings. The van der Waals surface area contributed by atoms with Crippen molar-refractivity contribution in [2.45, 2.75) is 31.8 Å². The molecule has 1 aromatic carbocycles. The molecule has 0 atom stereocenters. The fourth-order valence-corrected chi connectivity index (χ4v) is 2.81. The third-order valence-electron chi connectivity index (χ3n) is 4.05. The quantitative estimate of drug-likeness (QED) is 0.935. The summed E-state index contributed by atoms with van der Waals surface area (Å²) in [4.78, 5) is 10.9. The zero-order valence-corrected chi connectivity index (χ0v) is 12.2. The molecule has 0 bridgehead atoms. The van der Waals surface area contributed by atoms with E-state index in [0.717, 1.165) is 44.6 Å². The number of aromatic nitrogens is 2. The second-order valence-corrected chi connectivity index (χ2v) is 5.58. The van der Waals surface area contributed by atoms with Crippen LogP contribution in [0.15, 0.2) is 42.9 Å². The molecular formula is C17H21N3O. The summed E-state index contributed by atoms with van der Waals surface area (Å²) in [5.74, 6) is 1.04. The first-order chi connectivity index (χ1) is 10.3. The maximum atomic E-state index is 9.64. The van der Waals surface area contributed by atoms with Crippen LogP contribution in [0, 0.1) is 0 Å². The van der Waals surface area contributed by atoms with Gasteiger partial charge in [-0.2, -0.15) is 0 Å². The van der Waals surface area contributed by atoms with Crippen LogP contribution in [0.5, 0.6) is 0 Å². The number of anilines is 1. The van der Waals surface area contributed by atoms with Crippen LogP contribution in [0.1, 0.15) is 24.0 Å². The highest BCUT2D eigenvalue weighted by Gasteiger charge is 2.20. The molecule has 1 aliphatic rings. The number of hydrogen-bond acceptors (Lipinski definition) is 4.